The first-order valence-electron chi connectivity index (χ1n) is 10.3. The van der Waals surface area contributed by atoms with Crippen molar-refractivity contribution >= 4 is 28.7 Å². The van der Waals surface area contributed by atoms with E-state index in [1.165, 1.54) is 0 Å². The van der Waals surface area contributed by atoms with E-state index in [0.29, 0.717) is 18.3 Å². The number of para-hydroxylation sites is 1. The second-order valence-corrected chi connectivity index (χ2v) is 8.78. The zero-order valence-corrected chi connectivity index (χ0v) is 17.5. The van der Waals surface area contributed by atoms with Crippen molar-refractivity contribution in [2.45, 2.75) is 64.8 Å². The molecule has 1 saturated carbocycles. The first-order chi connectivity index (χ1) is 13.8. The van der Waals surface area contributed by atoms with Gasteiger partial charge < -0.3 is 24.3 Å². The Morgan fingerprint density at radius 3 is 2.66 bits per heavy atom. The molecule has 1 aromatic heterocycles. The number of aromatic nitrogens is 1. The van der Waals surface area contributed by atoms with Crippen LogP contribution in [0.15, 0.2) is 24.3 Å². The fourth-order valence-corrected chi connectivity index (χ4v) is 4.28. The van der Waals surface area contributed by atoms with Gasteiger partial charge in [-0.25, -0.2) is 9.59 Å². The Balaban J connectivity index is 1.48. The maximum Gasteiger partial charge on any atom is 0.407 e. The molecule has 0 atom stereocenters. The van der Waals surface area contributed by atoms with E-state index in [0.717, 1.165) is 42.5 Å². The normalized spacial score (nSPS) is 20.9. The molecule has 1 amide bonds. The summed E-state index contributed by atoms with van der Waals surface area (Å²) in [6.45, 7) is 9.36. The van der Waals surface area contributed by atoms with Gasteiger partial charge in [0.2, 0.25) is 0 Å². The van der Waals surface area contributed by atoms with Gasteiger partial charge in [-0.05, 0) is 52.7 Å². The van der Waals surface area contributed by atoms with Crippen LogP contribution < -0.4 is 10.2 Å². The lowest BCUT2D eigenvalue weighted by molar-refractivity contribution is 0.0469. The summed E-state index contributed by atoms with van der Waals surface area (Å²) >= 11 is 0. The molecule has 0 saturated heterocycles. The van der Waals surface area contributed by atoms with Crippen LogP contribution in [0.1, 0.15) is 51.0 Å². The maximum absolute atomic E-state index is 12.3. The fourth-order valence-electron chi connectivity index (χ4n) is 4.28. The summed E-state index contributed by atoms with van der Waals surface area (Å²) in [6.07, 6.45) is 1.43. The molecule has 0 bridgehead atoms. The molecule has 4 rings (SSSR count). The van der Waals surface area contributed by atoms with Gasteiger partial charge in [0.05, 0.1) is 17.8 Å². The van der Waals surface area contributed by atoms with Gasteiger partial charge in [0.15, 0.2) is 0 Å². The van der Waals surface area contributed by atoms with Crippen LogP contribution in [-0.2, 0) is 16.0 Å². The number of rotatable bonds is 4. The SMILES string of the molecule is CCOC(=O)c1cc2cccc3c2n1CCN3C1CC(NC(=O)OC(C)(C)C)C1. The summed E-state index contributed by atoms with van der Waals surface area (Å²) in [7, 11) is 0. The Kier molecular flexibility index (Phi) is 4.92. The van der Waals surface area contributed by atoms with Crippen molar-refractivity contribution < 1.29 is 19.1 Å². The molecule has 1 aromatic carbocycles. The van der Waals surface area contributed by atoms with Gasteiger partial charge in [-0.1, -0.05) is 12.1 Å². The average molecular weight is 399 g/mol. The summed E-state index contributed by atoms with van der Waals surface area (Å²) in [5, 5.41) is 4.02. The predicted molar refractivity (Wildman–Crippen MR) is 111 cm³/mol. The molecule has 0 spiro atoms. The number of carbonyl (C=O) groups excluding carboxylic acids is 2. The molecule has 7 heteroatoms. The van der Waals surface area contributed by atoms with Crippen LogP contribution in [0.25, 0.3) is 10.9 Å². The minimum absolute atomic E-state index is 0.137. The number of esters is 1. The highest BCUT2D eigenvalue weighted by Gasteiger charge is 2.38. The van der Waals surface area contributed by atoms with Crippen LogP contribution in [0.5, 0.6) is 0 Å². The first-order valence-corrected chi connectivity index (χ1v) is 10.3. The summed E-state index contributed by atoms with van der Waals surface area (Å²) in [5.41, 5.74) is 2.36. The Morgan fingerprint density at radius 2 is 1.97 bits per heavy atom. The second-order valence-electron chi connectivity index (χ2n) is 8.78. The zero-order chi connectivity index (χ0) is 20.8. The largest absolute Gasteiger partial charge is 0.461 e. The van der Waals surface area contributed by atoms with Crippen molar-refractivity contribution in [2.24, 2.45) is 0 Å². The number of nitrogens with one attached hydrogen (secondary N) is 1. The summed E-state index contributed by atoms with van der Waals surface area (Å²) < 4.78 is 12.7. The van der Waals surface area contributed by atoms with Crippen LogP contribution >= 0.6 is 0 Å². The molecular formula is C22H29N3O4. The topological polar surface area (TPSA) is 72.8 Å². The van der Waals surface area contributed by atoms with Gasteiger partial charge in [0.25, 0.3) is 0 Å². The average Bonchev–Trinajstić information content (AvgIpc) is 2.98. The van der Waals surface area contributed by atoms with Gasteiger partial charge in [-0.15, -0.1) is 0 Å². The van der Waals surface area contributed by atoms with Gasteiger partial charge >= 0.3 is 12.1 Å². The van der Waals surface area contributed by atoms with E-state index < -0.39 is 5.60 Å². The summed E-state index contributed by atoms with van der Waals surface area (Å²) in [6, 6.07) is 8.61. The Hall–Kier alpha value is -2.70. The Morgan fingerprint density at radius 1 is 1.21 bits per heavy atom. The molecule has 7 nitrogen and oxygen atoms in total. The van der Waals surface area contributed by atoms with E-state index in [1.54, 1.807) is 0 Å². The highest BCUT2D eigenvalue weighted by Crippen LogP contribution is 2.38. The third-order valence-electron chi connectivity index (χ3n) is 5.53. The molecular weight excluding hydrogens is 370 g/mol. The Labute approximate surface area is 170 Å². The quantitative estimate of drug-likeness (QED) is 0.794. The van der Waals surface area contributed by atoms with Gasteiger partial charge in [-0.3, -0.25) is 0 Å². The molecule has 1 aliphatic heterocycles. The highest BCUT2D eigenvalue weighted by atomic mass is 16.6. The predicted octanol–water partition coefficient (Wildman–Crippen LogP) is 3.69. The van der Waals surface area contributed by atoms with Gasteiger partial charge in [-0.2, -0.15) is 0 Å². The number of carbonyl (C=O) groups is 2. The van der Waals surface area contributed by atoms with E-state index in [2.05, 4.69) is 20.9 Å². The van der Waals surface area contributed by atoms with Crippen molar-refractivity contribution in [3.8, 4) is 0 Å². The van der Waals surface area contributed by atoms with Gasteiger partial charge in [0.1, 0.15) is 11.3 Å². The third-order valence-corrected chi connectivity index (χ3v) is 5.53. The molecule has 1 fully saturated rings. The number of nitrogens with zero attached hydrogens (tertiary/aromatic N) is 2. The number of ether oxygens (including phenoxy) is 2. The van der Waals surface area contributed by atoms with Crippen LogP contribution in [0.2, 0.25) is 0 Å². The van der Waals surface area contributed by atoms with Crippen LogP contribution in [0.3, 0.4) is 0 Å². The van der Waals surface area contributed by atoms with E-state index in [-0.39, 0.29) is 18.1 Å². The van der Waals surface area contributed by atoms with Crippen molar-refractivity contribution in [2.75, 3.05) is 18.1 Å². The second kappa shape index (κ2) is 7.28. The summed E-state index contributed by atoms with van der Waals surface area (Å²) in [5.74, 6) is -0.270. The molecule has 156 valence electrons. The van der Waals surface area contributed by atoms with Crippen LogP contribution in [0, 0.1) is 0 Å². The summed E-state index contributed by atoms with van der Waals surface area (Å²) in [4.78, 5) is 26.7. The van der Waals surface area contributed by atoms with E-state index in [9.17, 15) is 9.59 Å². The van der Waals surface area contributed by atoms with Crippen molar-refractivity contribution in [1.82, 2.24) is 9.88 Å². The minimum atomic E-state index is -0.488. The lowest BCUT2D eigenvalue weighted by atomic mass is 9.85. The number of anilines is 1. The number of hydrogen-bond acceptors (Lipinski definition) is 5. The lowest BCUT2D eigenvalue weighted by Crippen LogP contribution is -2.56. The van der Waals surface area contributed by atoms with E-state index in [4.69, 9.17) is 9.47 Å². The number of amides is 1. The van der Waals surface area contributed by atoms with E-state index in [1.807, 2.05) is 45.9 Å². The number of alkyl carbamates (subject to hydrolysis) is 1. The maximum atomic E-state index is 12.3. The van der Waals surface area contributed by atoms with E-state index >= 15 is 0 Å². The van der Waals surface area contributed by atoms with Crippen molar-refractivity contribution in [1.29, 1.82) is 0 Å². The molecule has 2 aliphatic rings. The van der Waals surface area contributed by atoms with Crippen LogP contribution in [-0.4, -0.2) is 47.5 Å². The molecule has 2 aromatic rings. The lowest BCUT2D eigenvalue weighted by Gasteiger charge is -2.46. The molecule has 1 N–H and O–H groups in total. The van der Waals surface area contributed by atoms with Crippen LogP contribution in [0.4, 0.5) is 10.5 Å². The third kappa shape index (κ3) is 3.78. The standard InChI is InChI=1S/C22H29N3O4/c1-5-28-20(26)18-11-14-7-6-8-17-19(14)25(18)10-9-24(17)16-12-15(13-16)23-21(27)29-22(2,3)4/h6-8,11,15-16H,5,9-10,12-13H2,1-4H3,(H,23,27). The minimum Gasteiger partial charge on any atom is -0.461 e. The smallest absolute Gasteiger partial charge is 0.407 e. The molecule has 29 heavy (non-hydrogen) atoms. The molecule has 0 radical (unpaired) electrons. The number of hydrogen-bond donors (Lipinski definition) is 1. The van der Waals surface area contributed by atoms with Gasteiger partial charge in [0, 0.05) is 30.6 Å². The Bertz CT molecular complexity index is 937. The molecule has 0 unspecified atom stereocenters. The zero-order valence-electron chi connectivity index (χ0n) is 17.5. The molecule has 2 heterocycles. The molecule has 1 aliphatic carbocycles. The number of benzene rings is 1. The van der Waals surface area contributed by atoms with Crippen molar-refractivity contribution in [3.63, 3.8) is 0 Å². The fraction of sp³-hybridized carbons (Fsp3) is 0.545. The monoisotopic (exact) mass is 399 g/mol. The first kappa shape index (κ1) is 19.6. The van der Waals surface area contributed by atoms with Crippen molar-refractivity contribution in [3.05, 3.63) is 30.0 Å². The highest BCUT2D eigenvalue weighted by molar-refractivity contribution is 6.01.